The quantitative estimate of drug-likeness (QED) is 0.576. The first-order chi connectivity index (χ1) is 7.20. The van der Waals surface area contributed by atoms with E-state index >= 15 is 0 Å². The molecule has 1 aromatic heterocycles. The molecular formula is C11H8O3S. The zero-order valence-electron chi connectivity index (χ0n) is 8.02. The molecular weight excluding hydrogens is 212 g/mol. The zero-order valence-corrected chi connectivity index (χ0v) is 8.84. The summed E-state index contributed by atoms with van der Waals surface area (Å²) in [5.74, 6) is 0.276. The molecule has 0 aliphatic heterocycles. The summed E-state index contributed by atoms with van der Waals surface area (Å²) in [6, 6.07) is 7.40. The minimum Gasteiger partial charge on any atom is -0.441 e. The van der Waals surface area contributed by atoms with Crippen molar-refractivity contribution >= 4 is 29.7 Å². The highest BCUT2D eigenvalue weighted by atomic mass is 32.1. The minimum atomic E-state index is 0.179. The molecule has 2 rings (SSSR count). The molecule has 2 aromatic rings. The van der Waals surface area contributed by atoms with Gasteiger partial charge in [-0.05, 0) is 37.3 Å². The molecule has 3 nitrogen and oxygen atoms in total. The summed E-state index contributed by atoms with van der Waals surface area (Å²) < 4.78 is 10.2. The van der Waals surface area contributed by atoms with Crippen molar-refractivity contribution in [3.05, 3.63) is 34.5 Å². The third kappa shape index (κ3) is 1.89. The second-order valence-electron chi connectivity index (χ2n) is 3.15. The van der Waals surface area contributed by atoms with E-state index in [2.05, 4.69) is 0 Å². The van der Waals surface area contributed by atoms with Crippen molar-refractivity contribution in [3.63, 3.8) is 0 Å². The molecule has 0 fully saturated rings. The average Bonchev–Trinajstić information content (AvgIpc) is 2.20. The number of ether oxygens (including phenoxy) is 1. The number of hydrogen-bond donors (Lipinski definition) is 0. The first kappa shape index (κ1) is 9.86. The monoisotopic (exact) mass is 220 g/mol. The molecule has 4 heteroatoms. The molecule has 0 saturated carbocycles. The van der Waals surface area contributed by atoms with Crippen LogP contribution in [0.4, 0.5) is 0 Å². The van der Waals surface area contributed by atoms with Crippen LogP contribution in [0.5, 0.6) is 5.75 Å². The lowest BCUT2D eigenvalue weighted by Crippen LogP contribution is -1.89. The van der Waals surface area contributed by atoms with E-state index in [-0.39, 0.29) is 10.5 Å². The summed E-state index contributed by atoms with van der Waals surface area (Å²) in [5.41, 5.74) is 1.79. The van der Waals surface area contributed by atoms with E-state index in [4.69, 9.17) is 21.4 Å². The van der Waals surface area contributed by atoms with Gasteiger partial charge >= 0.3 is 0 Å². The number of hydrogen-bond acceptors (Lipinski definition) is 4. The Bertz CT molecular complexity index is 572. The van der Waals surface area contributed by atoms with Crippen molar-refractivity contribution in [2.24, 2.45) is 0 Å². The lowest BCUT2D eigenvalue weighted by atomic mass is 10.1. The third-order valence-corrected chi connectivity index (χ3v) is 2.32. The lowest BCUT2D eigenvalue weighted by Gasteiger charge is -2.01. The Kier molecular flexibility index (Phi) is 2.51. The van der Waals surface area contributed by atoms with Gasteiger partial charge in [-0.3, -0.25) is 4.79 Å². The normalized spacial score (nSPS) is 10.2. The molecule has 1 aromatic carbocycles. The number of benzene rings is 1. The number of aryl methyl sites for hydroxylation is 1. The van der Waals surface area contributed by atoms with Gasteiger partial charge in [0.25, 0.3) is 6.47 Å². The van der Waals surface area contributed by atoms with Crippen LogP contribution in [0.15, 0.2) is 28.7 Å². The molecule has 1 heterocycles. The second-order valence-corrected chi connectivity index (χ2v) is 3.52. The first-order valence-corrected chi connectivity index (χ1v) is 4.76. The van der Waals surface area contributed by atoms with Gasteiger partial charge < -0.3 is 9.15 Å². The molecule has 0 spiro atoms. The summed E-state index contributed by atoms with van der Waals surface area (Å²) in [6.45, 7) is 2.31. The molecule has 0 atom stereocenters. The first-order valence-electron chi connectivity index (χ1n) is 4.35. The number of carbonyl (C=O) groups is 1. The van der Waals surface area contributed by atoms with Gasteiger partial charge in [0.15, 0.2) is 5.75 Å². The Labute approximate surface area is 91.3 Å². The van der Waals surface area contributed by atoms with E-state index in [1.54, 1.807) is 6.07 Å². The highest BCUT2D eigenvalue weighted by molar-refractivity contribution is 7.71. The van der Waals surface area contributed by atoms with E-state index in [0.717, 1.165) is 10.9 Å². The maximum atomic E-state index is 10.2. The fraction of sp³-hybridized carbons (Fsp3) is 0.0909. The highest BCUT2D eigenvalue weighted by Gasteiger charge is 2.03. The molecule has 0 N–H and O–H groups in total. The van der Waals surface area contributed by atoms with Crippen molar-refractivity contribution in [2.75, 3.05) is 0 Å². The summed E-state index contributed by atoms with van der Waals surface area (Å²) in [6.07, 6.45) is 0. The fourth-order valence-electron chi connectivity index (χ4n) is 1.36. The van der Waals surface area contributed by atoms with Crippen molar-refractivity contribution in [2.45, 2.75) is 6.92 Å². The summed E-state index contributed by atoms with van der Waals surface area (Å²) in [7, 11) is 0. The molecule has 15 heavy (non-hydrogen) atoms. The van der Waals surface area contributed by atoms with E-state index in [1.807, 2.05) is 25.1 Å². The molecule has 0 saturated heterocycles. The number of fused-ring (bicyclic) bond motifs is 1. The predicted molar refractivity (Wildman–Crippen MR) is 58.5 cm³/mol. The van der Waals surface area contributed by atoms with Gasteiger partial charge in [-0.2, -0.15) is 0 Å². The average molecular weight is 220 g/mol. The number of rotatable bonds is 2. The van der Waals surface area contributed by atoms with Gasteiger partial charge in [-0.15, -0.1) is 0 Å². The Hall–Kier alpha value is -1.68. The van der Waals surface area contributed by atoms with Gasteiger partial charge in [0, 0.05) is 5.39 Å². The molecule has 0 bridgehead atoms. The predicted octanol–water partition coefficient (Wildman–Crippen LogP) is 3.01. The van der Waals surface area contributed by atoms with Crippen LogP contribution in [0.1, 0.15) is 5.56 Å². The SMILES string of the molecule is Cc1ccc2oc(=S)c(OC=O)cc2c1. The maximum Gasteiger partial charge on any atom is 0.298 e. The number of carbonyl (C=O) groups excluding carboxylic acids is 1. The topological polar surface area (TPSA) is 39.4 Å². The Morgan fingerprint density at radius 1 is 1.40 bits per heavy atom. The van der Waals surface area contributed by atoms with E-state index in [0.29, 0.717) is 12.1 Å². The zero-order chi connectivity index (χ0) is 10.8. The molecule has 0 radical (unpaired) electrons. The van der Waals surface area contributed by atoms with Crippen LogP contribution < -0.4 is 4.74 Å². The lowest BCUT2D eigenvalue weighted by molar-refractivity contribution is -0.120. The third-order valence-electron chi connectivity index (χ3n) is 2.03. The summed E-state index contributed by atoms with van der Waals surface area (Å²) >= 11 is 4.93. The van der Waals surface area contributed by atoms with Crippen LogP contribution in [0, 0.1) is 11.6 Å². The Morgan fingerprint density at radius 2 is 2.20 bits per heavy atom. The minimum absolute atomic E-state index is 0.179. The van der Waals surface area contributed by atoms with E-state index in [1.165, 1.54) is 0 Å². The van der Waals surface area contributed by atoms with Gasteiger partial charge in [-0.1, -0.05) is 11.6 Å². The van der Waals surface area contributed by atoms with Crippen LogP contribution in [-0.4, -0.2) is 6.47 Å². The standard InChI is InChI=1S/C11H8O3S/c1-7-2-3-9-8(4-7)5-10(13-6-12)11(15)14-9/h2-6H,1H3. The van der Waals surface area contributed by atoms with E-state index < -0.39 is 0 Å². The summed E-state index contributed by atoms with van der Waals surface area (Å²) in [5, 5.41) is 0.862. The fourth-order valence-corrected chi connectivity index (χ4v) is 1.55. The van der Waals surface area contributed by atoms with Crippen LogP contribution in [0.3, 0.4) is 0 Å². The van der Waals surface area contributed by atoms with Crippen molar-refractivity contribution < 1.29 is 13.9 Å². The molecule has 0 amide bonds. The van der Waals surface area contributed by atoms with Crippen molar-refractivity contribution in [1.82, 2.24) is 0 Å². The van der Waals surface area contributed by atoms with E-state index in [9.17, 15) is 4.79 Å². The largest absolute Gasteiger partial charge is 0.441 e. The van der Waals surface area contributed by atoms with Gasteiger partial charge in [0.2, 0.25) is 4.71 Å². The Morgan fingerprint density at radius 3 is 2.93 bits per heavy atom. The van der Waals surface area contributed by atoms with Crippen LogP contribution in [-0.2, 0) is 4.79 Å². The maximum absolute atomic E-state index is 10.2. The van der Waals surface area contributed by atoms with Gasteiger partial charge in [0.05, 0.1) is 0 Å². The van der Waals surface area contributed by atoms with Crippen molar-refractivity contribution in [1.29, 1.82) is 0 Å². The second kappa shape index (κ2) is 3.82. The Balaban J connectivity index is 2.71. The van der Waals surface area contributed by atoms with Crippen molar-refractivity contribution in [3.8, 4) is 5.75 Å². The van der Waals surface area contributed by atoms with Crippen LogP contribution in [0.2, 0.25) is 0 Å². The highest BCUT2D eigenvalue weighted by Crippen LogP contribution is 2.23. The van der Waals surface area contributed by atoms with Crippen LogP contribution in [0.25, 0.3) is 11.0 Å². The summed E-state index contributed by atoms with van der Waals surface area (Å²) in [4.78, 5) is 10.2. The van der Waals surface area contributed by atoms with Gasteiger partial charge in [0.1, 0.15) is 5.58 Å². The molecule has 0 unspecified atom stereocenters. The molecule has 76 valence electrons. The van der Waals surface area contributed by atoms with Gasteiger partial charge in [-0.25, -0.2) is 0 Å². The molecule has 0 aliphatic rings. The smallest absolute Gasteiger partial charge is 0.298 e. The van der Waals surface area contributed by atoms with Crippen LogP contribution >= 0.6 is 12.2 Å². The molecule has 0 aliphatic carbocycles.